The highest BCUT2D eigenvalue weighted by atomic mass is 16.2. The number of fused-ring (bicyclic) bond motifs is 2. The molecule has 1 saturated carbocycles. The molecule has 0 spiro atoms. The summed E-state index contributed by atoms with van der Waals surface area (Å²) in [5.41, 5.74) is 5.92. The number of carbonyl (C=O) groups is 2. The molecule has 3 aliphatic rings. The van der Waals surface area contributed by atoms with Gasteiger partial charge >= 0.3 is 0 Å². The third-order valence-corrected chi connectivity index (χ3v) is 5.90. The highest BCUT2D eigenvalue weighted by Gasteiger charge is 2.44. The van der Waals surface area contributed by atoms with Crippen LogP contribution in [0.25, 0.3) is 0 Å². The largest absolute Gasteiger partial charge is 0.315 e. The van der Waals surface area contributed by atoms with Crippen LogP contribution in [0.4, 0.5) is 5.69 Å². The van der Waals surface area contributed by atoms with Crippen molar-refractivity contribution in [1.82, 2.24) is 5.43 Å². The molecule has 1 N–H and O–H groups in total. The van der Waals surface area contributed by atoms with Gasteiger partial charge in [0.15, 0.2) is 0 Å². The maximum absolute atomic E-state index is 12.6. The van der Waals surface area contributed by atoms with E-state index in [1.165, 1.54) is 0 Å². The molecule has 4 atom stereocenters. The lowest BCUT2D eigenvalue weighted by molar-refractivity contribution is -0.126. The van der Waals surface area contributed by atoms with E-state index in [0.717, 1.165) is 42.6 Å². The fourth-order valence-electron chi connectivity index (χ4n) is 4.65. The first-order valence-electron chi connectivity index (χ1n) is 8.81. The third-order valence-electron chi connectivity index (χ3n) is 5.90. The van der Waals surface area contributed by atoms with E-state index in [9.17, 15) is 9.59 Å². The molecule has 1 aromatic carbocycles. The van der Waals surface area contributed by atoms with Crippen LogP contribution in [0, 0.1) is 17.8 Å². The number of hydrazone groups is 1. The van der Waals surface area contributed by atoms with Crippen LogP contribution in [0.1, 0.15) is 44.1 Å². The number of hydrogen-bond acceptors (Lipinski definition) is 3. The van der Waals surface area contributed by atoms with Crippen molar-refractivity contribution >= 4 is 23.2 Å². The summed E-state index contributed by atoms with van der Waals surface area (Å²) < 4.78 is 0. The van der Waals surface area contributed by atoms with Gasteiger partial charge in [0.2, 0.25) is 11.8 Å². The van der Waals surface area contributed by atoms with Crippen molar-refractivity contribution in [3.8, 4) is 0 Å². The molecule has 2 aliphatic heterocycles. The number of carbonyl (C=O) groups excluding carboxylic acids is 2. The van der Waals surface area contributed by atoms with Crippen LogP contribution >= 0.6 is 0 Å². The minimum atomic E-state index is -0.0624. The summed E-state index contributed by atoms with van der Waals surface area (Å²) in [6.07, 6.45) is 3.79. The van der Waals surface area contributed by atoms with Crippen molar-refractivity contribution < 1.29 is 9.59 Å². The van der Waals surface area contributed by atoms with E-state index in [2.05, 4.69) is 16.6 Å². The van der Waals surface area contributed by atoms with Gasteiger partial charge in [-0.2, -0.15) is 5.10 Å². The first-order chi connectivity index (χ1) is 11.6. The van der Waals surface area contributed by atoms with Gasteiger partial charge < -0.3 is 4.90 Å². The molecule has 2 heterocycles. The summed E-state index contributed by atoms with van der Waals surface area (Å²) in [5, 5.41) is 4.49. The second kappa shape index (κ2) is 5.72. The third kappa shape index (κ3) is 2.26. The number of rotatable bonds is 1. The second-order valence-electron chi connectivity index (χ2n) is 7.30. The van der Waals surface area contributed by atoms with Crippen molar-refractivity contribution in [2.45, 2.75) is 38.5 Å². The van der Waals surface area contributed by atoms with Crippen LogP contribution in [0.2, 0.25) is 0 Å². The van der Waals surface area contributed by atoms with Gasteiger partial charge in [-0.1, -0.05) is 31.5 Å². The summed E-state index contributed by atoms with van der Waals surface area (Å²) in [4.78, 5) is 26.5. The summed E-state index contributed by atoms with van der Waals surface area (Å²) in [6, 6.07) is 8.10. The topological polar surface area (TPSA) is 61.8 Å². The molecule has 1 aromatic rings. The SMILES string of the molecule is CC1CC(C2=NNC(=O)C3CCCC23)c2ccccc2N(C)C1=O. The Kier molecular flexibility index (Phi) is 3.66. The Morgan fingerprint density at radius 2 is 1.92 bits per heavy atom. The molecule has 0 radical (unpaired) electrons. The normalized spacial score (nSPS) is 32.6. The number of amides is 2. The lowest BCUT2D eigenvalue weighted by Crippen LogP contribution is -2.41. The molecule has 2 amide bonds. The first-order valence-corrected chi connectivity index (χ1v) is 8.81. The molecular weight excluding hydrogens is 302 g/mol. The van der Waals surface area contributed by atoms with Crippen molar-refractivity contribution in [1.29, 1.82) is 0 Å². The number of para-hydroxylation sites is 1. The highest BCUT2D eigenvalue weighted by Crippen LogP contribution is 2.44. The smallest absolute Gasteiger partial charge is 0.243 e. The van der Waals surface area contributed by atoms with E-state index in [1.807, 2.05) is 32.2 Å². The Labute approximate surface area is 142 Å². The van der Waals surface area contributed by atoms with Crippen LogP contribution in [0.15, 0.2) is 29.4 Å². The van der Waals surface area contributed by atoms with Crippen LogP contribution in [0.3, 0.4) is 0 Å². The zero-order valence-electron chi connectivity index (χ0n) is 14.2. The number of benzene rings is 1. The molecule has 0 aromatic heterocycles. The van der Waals surface area contributed by atoms with Gasteiger partial charge in [0.25, 0.3) is 0 Å². The molecule has 4 rings (SSSR count). The van der Waals surface area contributed by atoms with E-state index in [1.54, 1.807) is 4.90 Å². The summed E-state index contributed by atoms with van der Waals surface area (Å²) in [7, 11) is 1.85. The lowest BCUT2D eigenvalue weighted by atomic mass is 9.77. The zero-order chi connectivity index (χ0) is 16.8. The maximum Gasteiger partial charge on any atom is 0.243 e. The van der Waals surface area contributed by atoms with Gasteiger partial charge in [-0.05, 0) is 30.9 Å². The molecule has 1 fully saturated rings. The highest BCUT2D eigenvalue weighted by molar-refractivity contribution is 6.04. The minimum absolute atomic E-state index is 0.0525. The molecule has 4 unspecified atom stereocenters. The second-order valence-corrected chi connectivity index (χ2v) is 7.30. The van der Waals surface area contributed by atoms with Crippen molar-refractivity contribution in [3.63, 3.8) is 0 Å². The maximum atomic E-state index is 12.6. The van der Waals surface area contributed by atoms with Crippen LogP contribution in [-0.2, 0) is 9.59 Å². The summed E-state index contributed by atoms with van der Waals surface area (Å²) in [5.74, 6) is 0.515. The molecule has 5 heteroatoms. The van der Waals surface area contributed by atoms with Crippen LogP contribution < -0.4 is 10.3 Å². The van der Waals surface area contributed by atoms with E-state index < -0.39 is 0 Å². The molecule has 0 saturated heterocycles. The van der Waals surface area contributed by atoms with Gasteiger partial charge in [0, 0.05) is 42.1 Å². The van der Waals surface area contributed by atoms with Crippen molar-refractivity contribution in [3.05, 3.63) is 29.8 Å². The van der Waals surface area contributed by atoms with E-state index in [-0.39, 0.29) is 35.5 Å². The average Bonchev–Trinajstić information content (AvgIpc) is 3.06. The lowest BCUT2D eigenvalue weighted by Gasteiger charge is -2.31. The Balaban J connectivity index is 1.81. The molecular formula is C19H23N3O2. The Bertz CT molecular complexity index is 727. The molecule has 0 bridgehead atoms. The van der Waals surface area contributed by atoms with Gasteiger partial charge in [0.1, 0.15) is 0 Å². The van der Waals surface area contributed by atoms with E-state index >= 15 is 0 Å². The molecule has 1 aliphatic carbocycles. The fraction of sp³-hybridized carbons (Fsp3) is 0.526. The number of nitrogens with zero attached hydrogens (tertiary/aromatic N) is 2. The monoisotopic (exact) mass is 325 g/mol. The van der Waals surface area contributed by atoms with E-state index in [0.29, 0.717) is 0 Å². The minimum Gasteiger partial charge on any atom is -0.315 e. The van der Waals surface area contributed by atoms with Gasteiger partial charge in [-0.25, -0.2) is 5.43 Å². The Hall–Kier alpha value is -2.17. The first kappa shape index (κ1) is 15.4. The van der Waals surface area contributed by atoms with Gasteiger partial charge in [-0.15, -0.1) is 0 Å². The van der Waals surface area contributed by atoms with E-state index in [4.69, 9.17) is 0 Å². The predicted molar refractivity (Wildman–Crippen MR) is 92.8 cm³/mol. The molecule has 24 heavy (non-hydrogen) atoms. The average molecular weight is 325 g/mol. The quantitative estimate of drug-likeness (QED) is 0.863. The fourth-order valence-corrected chi connectivity index (χ4v) is 4.65. The Morgan fingerprint density at radius 3 is 2.75 bits per heavy atom. The van der Waals surface area contributed by atoms with Crippen LogP contribution in [0.5, 0.6) is 0 Å². The molecule has 5 nitrogen and oxygen atoms in total. The summed E-state index contributed by atoms with van der Waals surface area (Å²) in [6.45, 7) is 1.99. The summed E-state index contributed by atoms with van der Waals surface area (Å²) >= 11 is 0. The van der Waals surface area contributed by atoms with Gasteiger partial charge in [-0.3, -0.25) is 9.59 Å². The van der Waals surface area contributed by atoms with Crippen molar-refractivity contribution in [2.24, 2.45) is 22.9 Å². The number of hydrogen-bond donors (Lipinski definition) is 1. The molecule has 126 valence electrons. The number of anilines is 1. The Morgan fingerprint density at radius 1 is 1.17 bits per heavy atom. The zero-order valence-corrected chi connectivity index (χ0v) is 14.2. The van der Waals surface area contributed by atoms with Crippen LogP contribution in [-0.4, -0.2) is 24.6 Å². The number of nitrogens with one attached hydrogen (secondary N) is 1. The van der Waals surface area contributed by atoms with Crippen molar-refractivity contribution in [2.75, 3.05) is 11.9 Å². The van der Waals surface area contributed by atoms with Gasteiger partial charge in [0.05, 0.1) is 0 Å². The standard InChI is InChI=1S/C19H23N3O2/c1-11-10-15(12-6-3-4-9-16(12)22(2)19(11)24)17-13-7-5-8-14(13)18(23)21-20-17/h3-4,6,9,11,13-15H,5,7-8,10H2,1-2H3,(H,21,23). The predicted octanol–water partition coefficient (Wildman–Crippen LogP) is 2.67.